The van der Waals surface area contributed by atoms with E-state index in [9.17, 15) is 9.59 Å². The number of aromatic nitrogens is 3. The van der Waals surface area contributed by atoms with Gasteiger partial charge >= 0.3 is 0 Å². The molecule has 8 heteroatoms. The van der Waals surface area contributed by atoms with Gasteiger partial charge in [-0.05, 0) is 30.3 Å². The van der Waals surface area contributed by atoms with Gasteiger partial charge in [0.2, 0.25) is 5.91 Å². The van der Waals surface area contributed by atoms with Crippen molar-refractivity contribution in [1.82, 2.24) is 14.5 Å². The lowest BCUT2D eigenvalue weighted by Gasteiger charge is -2.12. The minimum absolute atomic E-state index is 0.202. The Balaban J connectivity index is 1.79. The Kier molecular flexibility index (Phi) is 4.93. The average Bonchev–Trinajstić information content (AvgIpc) is 3.16. The van der Waals surface area contributed by atoms with E-state index in [1.807, 2.05) is 0 Å². The SMILES string of the molecule is COc1ccc(NC(C)=O)cc1NC(=O)c1ccc(-n2ccnc2)nc1. The largest absolute Gasteiger partial charge is 0.495 e. The quantitative estimate of drug-likeness (QED) is 0.736. The number of imidazole rings is 1. The van der Waals surface area contributed by atoms with Crippen LogP contribution in [0.25, 0.3) is 5.82 Å². The number of amides is 2. The van der Waals surface area contributed by atoms with Gasteiger partial charge in [-0.3, -0.25) is 14.2 Å². The number of rotatable bonds is 5. The molecule has 3 rings (SSSR count). The van der Waals surface area contributed by atoms with Crippen molar-refractivity contribution >= 4 is 23.2 Å². The van der Waals surface area contributed by atoms with E-state index in [1.54, 1.807) is 53.6 Å². The number of anilines is 2. The lowest BCUT2D eigenvalue weighted by Crippen LogP contribution is -2.14. The highest BCUT2D eigenvalue weighted by Gasteiger charge is 2.12. The molecule has 0 bridgehead atoms. The number of carbonyl (C=O) groups is 2. The molecule has 0 aliphatic carbocycles. The summed E-state index contributed by atoms with van der Waals surface area (Å²) in [7, 11) is 1.50. The van der Waals surface area contributed by atoms with Gasteiger partial charge in [-0.25, -0.2) is 9.97 Å². The molecule has 3 aromatic rings. The van der Waals surface area contributed by atoms with E-state index < -0.39 is 0 Å². The lowest BCUT2D eigenvalue weighted by molar-refractivity contribution is -0.114. The van der Waals surface area contributed by atoms with E-state index in [0.717, 1.165) is 0 Å². The van der Waals surface area contributed by atoms with E-state index >= 15 is 0 Å². The molecule has 1 aromatic carbocycles. The van der Waals surface area contributed by atoms with Gasteiger partial charge in [-0.1, -0.05) is 0 Å². The van der Waals surface area contributed by atoms with Crippen LogP contribution in [-0.2, 0) is 4.79 Å². The van der Waals surface area contributed by atoms with Gasteiger partial charge < -0.3 is 15.4 Å². The zero-order valence-electron chi connectivity index (χ0n) is 14.3. The second-order valence-corrected chi connectivity index (χ2v) is 5.43. The van der Waals surface area contributed by atoms with E-state index in [0.29, 0.717) is 28.5 Å². The van der Waals surface area contributed by atoms with Crippen molar-refractivity contribution in [3.63, 3.8) is 0 Å². The molecule has 2 heterocycles. The number of hydrogen-bond donors (Lipinski definition) is 2. The molecule has 0 spiro atoms. The number of methoxy groups -OCH3 is 1. The van der Waals surface area contributed by atoms with Crippen LogP contribution < -0.4 is 15.4 Å². The third-order valence-corrected chi connectivity index (χ3v) is 3.55. The predicted octanol–water partition coefficient (Wildman–Crippen LogP) is 2.49. The molecule has 2 aromatic heterocycles. The standard InChI is InChI=1S/C18H17N5O3/c1-12(24)21-14-4-5-16(26-2)15(9-14)22-18(25)13-3-6-17(20-10-13)23-8-7-19-11-23/h3-11H,1-2H3,(H,21,24)(H,22,25). The zero-order valence-corrected chi connectivity index (χ0v) is 14.3. The molecule has 8 nitrogen and oxygen atoms in total. The highest BCUT2D eigenvalue weighted by atomic mass is 16.5. The summed E-state index contributed by atoms with van der Waals surface area (Å²) in [6.07, 6.45) is 6.52. The second-order valence-electron chi connectivity index (χ2n) is 5.43. The summed E-state index contributed by atoms with van der Waals surface area (Å²) >= 11 is 0. The van der Waals surface area contributed by atoms with Crippen LogP contribution in [0.5, 0.6) is 5.75 Å². The first-order valence-corrected chi connectivity index (χ1v) is 7.78. The van der Waals surface area contributed by atoms with Crippen LogP contribution in [0.1, 0.15) is 17.3 Å². The molecule has 2 N–H and O–H groups in total. The van der Waals surface area contributed by atoms with E-state index in [1.165, 1.54) is 20.2 Å². The van der Waals surface area contributed by atoms with Crippen molar-refractivity contribution in [2.24, 2.45) is 0 Å². The Labute approximate surface area is 149 Å². The monoisotopic (exact) mass is 351 g/mol. The molecule has 0 saturated heterocycles. The van der Waals surface area contributed by atoms with Gasteiger partial charge in [-0.15, -0.1) is 0 Å². The normalized spacial score (nSPS) is 10.2. The minimum atomic E-state index is -0.340. The summed E-state index contributed by atoms with van der Waals surface area (Å²) in [6, 6.07) is 8.38. The van der Waals surface area contributed by atoms with Crippen LogP contribution in [0.15, 0.2) is 55.2 Å². The number of nitrogens with zero attached hydrogens (tertiary/aromatic N) is 3. The number of benzene rings is 1. The summed E-state index contributed by atoms with van der Waals surface area (Å²) < 4.78 is 6.99. The van der Waals surface area contributed by atoms with Crippen LogP contribution in [-0.4, -0.2) is 33.5 Å². The van der Waals surface area contributed by atoms with Crippen molar-refractivity contribution < 1.29 is 14.3 Å². The van der Waals surface area contributed by atoms with Gasteiger partial charge in [0, 0.05) is 31.2 Å². The van der Waals surface area contributed by atoms with Crippen LogP contribution in [0.2, 0.25) is 0 Å². The lowest BCUT2D eigenvalue weighted by atomic mass is 10.2. The minimum Gasteiger partial charge on any atom is -0.495 e. The first kappa shape index (κ1) is 17.2. The van der Waals surface area contributed by atoms with Crippen LogP contribution in [0.4, 0.5) is 11.4 Å². The Morgan fingerprint density at radius 1 is 1.15 bits per heavy atom. The fraction of sp³-hybridized carbons (Fsp3) is 0.111. The van der Waals surface area contributed by atoms with Crippen LogP contribution in [0.3, 0.4) is 0 Å². The van der Waals surface area contributed by atoms with Gasteiger partial charge in [0.25, 0.3) is 5.91 Å². The second kappa shape index (κ2) is 7.47. The molecular formula is C18H17N5O3. The molecule has 0 unspecified atom stereocenters. The molecule has 2 amide bonds. The summed E-state index contributed by atoms with van der Waals surface area (Å²) in [5.74, 6) is 0.597. The smallest absolute Gasteiger partial charge is 0.257 e. The summed E-state index contributed by atoms with van der Waals surface area (Å²) in [5, 5.41) is 5.44. The number of hydrogen-bond acceptors (Lipinski definition) is 5. The van der Waals surface area contributed by atoms with E-state index in [-0.39, 0.29) is 11.8 Å². The molecule has 26 heavy (non-hydrogen) atoms. The maximum absolute atomic E-state index is 12.5. The van der Waals surface area contributed by atoms with Crippen molar-refractivity contribution in [2.45, 2.75) is 6.92 Å². The first-order valence-electron chi connectivity index (χ1n) is 7.78. The van der Waals surface area contributed by atoms with Crippen molar-refractivity contribution in [2.75, 3.05) is 17.7 Å². The van der Waals surface area contributed by atoms with Crippen LogP contribution in [0, 0.1) is 0 Å². The number of nitrogens with one attached hydrogen (secondary N) is 2. The third-order valence-electron chi connectivity index (χ3n) is 3.55. The highest BCUT2D eigenvalue weighted by Crippen LogP contribution is 2.28. The van der Waals surface area contributed by atoms with E-state index in [4.69, 9.17) is 4.74 Å². The number of ether oxygens (including phenoxy) is 1. The first-order chi connectivity index (χ1) is 12.6. The average molecular weight is 351 g/mol. The fourth-order valence-corrected chi connectivity index (χ4v) is 2.35. The Morgan fingerprint density at radius 3 is 2.62 bits per heavy atom. The number of carbonyl (C=O) groups excluding carboxylic acids is 2. The topological polar surface area (TPSA) is 98.1 Å². The summed E-state index contributed by atoms with van der Waals surface area (Å²) in [5.41, 5.74) is 1.39. The molecule has 0 saturated carbocycles. The van der Waals surface area contributed by atoms with Gasteiger partial charge in [0.1, 0.15) is 17.9 Å². The molecule has 0 aliphatic rings. The molecule has 0 radical (unpaired) electrons. The maximum Gasteiger partial charge on any atom is 0.257 e. The summed E-state index contributed by atoms with van der Waals surface area (Å²) in [6.45, 7) is 1.41. The molecule has 0 aliphatic heterocycles. The number of pyridine rings is 1. The van der Waals surface area contributed by atoms with Gasteiger partial charge in [-0.2, -0.15) is 0 Å². The zero-order chi connectivity index (χ0) is 18.5. The fourth-order valence-electron chi connectivity index (χ4n) is 2.35. The Hall–Kier alpha value is -3.68. The van der Waals surface area contributed by atoms with Gasteiger partial charge in [0.05, 0.1) is 18.4 Å². The molecular weight excluding hydrogens is 334 g/mol. The molecule has 0 fully saturated rings. The van der Waals surface area contributed by atoms with E-state index in [2.05, 4.69) is 20.6 Å². The van der Waals surface area contributed by atoms with Crippen molar-refractivity contribution in [3.05, 3.63) is 60.8 Å². The van der Waals surface area contributed by atoms with Crippen molar-refractivity contribution in [1.29, 1.82) is 0 Å². The molecule has 0 atom stereocenters. The Bertz CT molecular complexity index is 921. The van der Waals surface area contributed by atoms with Crippen molar-refractivity contribution in [3.8, 4) is 11.6 Å². The highest BCUT2D eigenvalue weighted by molar-refractivity contribution is 6.05. The van der Waals surface area contributed by atoms with Gasteiger partial charge in [0.15, 0.2) is 0 Å². The summed E-state index contributed by atoms with van der Waals surface area (Å²) in [4.78, 5) is 31.9. The Morgan fingerprint density at radius 2 is 2.00 bits per heavy atom. The predicted molar refractivity (Wildman–Crippen MR) is 96.6 cm³/mol. The maximum atomic E-state index is 12.5. The third kappa shape index (κ3) is 3.86. The van der Waals surface area contributed by atoms with Crippen LogP contribution >= 0.6 is 0 Å². The molecule has 132 valence electrons.